The standard InChI is InChI=1S/C8H16ClNO3S2/c9-4-1-7-15(12,13)10-8-2-5-14(11)6-3-8/h8,10H,1-7H2. The van der Waals surface area contributed by atoms with E-state index < -0.39 is 20.8 Å². The zero-order chi connectivity index (χ0) is 11.3. The summed E-state index contributed by atoms with van der Waals surface area (Å²) in [4.78, 5) is 0. The summed E-state index contributed by atoms with van der Waals surface area (Å²) in [6, 6.07) is -0.0389. The molecule has 15 heavy (non-hydrogen) atoms. The molecule has 1 aliphatic heterocycles. The van der Waals surface area contributed by atoms with Crippen LogP contribution in [0.15, 0.2) is 0 Å². The summed E-state index contributed by atoms with van der Waals surface area (Å²) in [7, 11) is -3.94. The summed E-state index contributed by atoms with van der Waals surface area (Å²) in [5.74, 6) is 1.64. The molecule has 1 aliphatic rings. The molecule has 0 aromatic heterocycles. The second kappa shape index (κ2) is 6.18. The lowest BCUT2D eigenvalue weighted by molar-refractivity contribution is 0.521. The molecule has 0 saturated carbocycles. The fourth-order valence-corrected chi connectivity index (χ4v) is 4.45. The Morgan fingerprint density at radius 3 is 2.47 bits per heavy atom. The van der Waals surface area contributed by atoms with Crippen molar-refractivity contribution in [3.8, 4) is 0 Å². The van der Waals surface area contributed by atoms with E-state index in [4.69, 9.17) is 11.6 Å². The van der Waals surface area contributed by atoms with Gasteiger partial charge >= 0.3 is 0 Å². The van der Waals surface area contributed by atoms with E-state index in [1.807, 2.05) is 0 Å². The molecular weight excluding hydrogens is 258 g/mol. The van der Waals surface area contributed by atoms with Crippen LogP contribution in [-0.2, 0) is 20.8 Å². The van der Waals surface area contributed by atoms with Gasteiger partial charge in [0.2, 0.25) is 10.0 Å². The molecule has 0 amide bonds. The molecule has 0 aliphatic carbocycles. The van der Waals surface area contributed by atoms with Gasteiger partial charge in [-0.3, -0.25) is 4.21 Å². The van der Waals surface area contributed by atoms with E-state index in [1.54, 1.807) is 0 Å². The van der Waals surface area contributed by atoms with Crippen LogP contribution in [0.4, 0.5) is 0 Å². The van der Waals surface area contributed by atoms with Crippen LogP contribution >= 0.6 is 11.6 Å². The van der Waals surface area contributed by atoms with Gasteiger partial charge in [0.05, 0.1) is 5.75 Å². The van der Waals surface area contributed by atoms with Gasteiger partial charge in [-0.25, -0.2) is 13.1 Å². The summed E-state index contributed by atoms with van der Waals surface area (Å²) >= 11 is 5.44. The van der Waals surface area contributed by atoms with E-state index in [0.717, 1.165) is 0 Å². The van der Waals surface area contributed by atoms with Gasteiger partial charge in [-0.05, 0) is 19.3 Å². The van der Waals surface area contributed by atoms with Gasteiger partial charge in [-0.1, -0.05) is 0 Å². The molecule has 0 aromatic carbocycles. The second-order valence-corrected chi connectivity index (χ2v) is 7.55. The summed E-state index contributed by atoms with van der Waals surface area (Å²) in [5, 5.41) is 0. The van der Waals surface area contributed by atoms with E-state index in [0.29, 0.717) is 36.6 Å². The minimum absolute atomic E-state index is 0.0389. The highest BCUT2D eigenvalue weighted by atomic mass is 35.5. The van der Waals surface area contributed by atoms with E-state index in [-0.39, 0.29) is 11.8 Å². The molecule has 90 valence electrons. The maximum Gasteiger partial charge on any atom is 0.211 e. The lowest BCUT2D eigenvalue weighted by Crippen LogP contribution is -2.40. The summed E-state index contributed by atoms with van der Waals surface area (Å²) in [6.45, 7) is 0. The van der Waals surface area contributed by atoms with Crippen LogP contribution < -0.4 is 4.72 Å². The molecule has 0 spiro atoms. The van der Waals surface area contributed by atoms with Crippen LogP contribution in [0.5, 0.6) is 0 Å². The second-order valence-electron chi connectivity index (χ2n) is 3.60. The normalized spacial score (nSPS) is 27.8. The van der Waals surface area contributed by atoms with Gasteiger partial charge in [0.1, 0.15) is 0 Å². The van der Waals surface area contributed by atoms with Gasteiger partial charge in [-0.2, -0.15) is 0 Å². The molecule has 1 fully saturated rings. The molecule has 0 radical (unpaired) electrons. The number of nitrogens with one attached hydrogen (secondary N) is 1. The number of rotatable bonds is 5. The first-order valence-corrected chi connectivity index (χ1v) is 8.62. The number of alkyl halides is 1. The van der Waals surface area contributed by atoms with Crippen LogP contribution in [0.3, 0.4) is 0 Å². The average molecular weight is 274 g/mol. The largest absolute Gasteiger partial charge is 0.260 e. The Balaban J connectivity index is 2.37. The molecular formula is C8H16ClNO3S2. The number of sulfonamides is 1. The molecule has 0 unspecified atom stereocenters. The Morgan fingerprint density at radius 1 is 1.33 bits per heavy atom. The fourth-order valence-electron chi connectivity index (χ4n) is 1.47. The third-order valence-electron chi connectivity index (χ3n) is 2.28. The Kier molecular flexibility index (Phi) is 5.52. The van der Waals surface area contributed by atoms with Crippen LogP contribution in [0.2, 0.25) is 0 Å². The fraction of sp³-hybridized carbons (Fsp3) is 1.00. The Bertz CT molecular complexity index is 308. The molecule has 1 heterocycles. The molecule has 1 saturated heterocycles. The van der Waals surface area contributed by atoms with Crippen molar-refractivity contribution in [2.45, 2.75) is 25.3 Å². The van der Waals surface area contributed by atoms with Crippen molar-refractivity contribution in [2.24, 2.45) is 0 Å². The van der Waals surface area contributed by atoms with Gasteiger partial charge in [-0.15, -0.1) is 11.6 Å². The molecule has 4 nitrogen and oxygen atoms in total. The van der Waals surface area contributed by atoms with E-state index in [1.165, 1.54) is 0 Å². The average Bonchev–Trinajstić information content (AvgIpc) is 2.18. The summed E-state index contributed by atoms with van der Waals surface area (Å²) in [5.41, 5.74) is 0. The lowest BCUT2D eigenvalue weighted by atomic mass is 10.2. The topological polar surface area (TPSA) is 63.2 Å². The Hall–Kier alpha value is 0.350. The molecule has 0 aromatic rings. The van der Waals surface area contributed by atoms with Crippen LogP contribution in [-0.4, -0.2) is 41.8 Å². The highest BCUT2D eigenvalue weighted by molar-refractivity contribution is 7.89. The Morgan fingerprint density at radius 2 is 1.93 bits per heavy atom. The van der Waals surface area contributed by atoms with Gasteiger partial charge in [0, 0.05) is 34.2 Å². The van der Waals surface area contributed by atoms with Crippen molar-refractivity contribution in [3.63, 3.8) is 0 Å². The maximum atomic E-state index is 11.5. The van der Waals surface area contributed by atoms with Crippen molar-refractivity contribution in [2.75, 3.05) is 23.1 Å². The number of hydrogen-bond donors (Lipinski definition) is 1. The van der Waals surface area contributed by atoms with Crippen molar-refractivity contribution < 1.29 is 12.6 Å². The zero-order valence-electron chi connectivity index (χ0n) is 8.45. The van der Waals surface area contributed by atoms with Crippen molar-refractivity contribution in [3.05, 3.63) is 0 Å². The highest BCUT2D eigenvalue weighted by Crippen LogP contribution is 2.10. The molecule has 0 bridgehead atoms. The minimum Gasteiger partial charge on any atom is -0.260 e. The first-order valence-electron chi connectivity index (χ1n) is 4.94. The van der Waals surface area contributed by atoms with Crippen LogP contribution in [0, 0.1) is 0 Å². The predicted molar refractivity (Wildman–Crippen MR) is 63.2 cm³/mol. The molecule has 7 heteroatoms. The first kappa shape index (κ1) is 13.4. The number of hydrogen-bond acceptors (Lipinski definition) is 3. The number of halogens is 1. The summed E-state index contributed by atoms with van der Waals surface area (Å²) in [6.07, 6.45) is 1.81. The molecule has 1 N–H and O–H groups in total. The first-order chi connectivity index (χ1) is 7.03. The SMILES string of the molecule is O=S1CCC(NS(=O)(=O)CCCCl)CC1. The van der Waals surface area contributed by atoms with E-state index >= 15 is 0 Å². The van der Waals surface area contributed by atoms with E-state index in [2.05, 4.69) is 4.72 Å². The third-order valence-corrected chi connectivity index (χ3v) is 5.45. The third kappa shape index (κ3) is 5.29. The lowest BCUT2D eigenvalue weighted by Gasteiger charge is -2.22. The van der Waals surface area contributed by atoms with Crippen molar-refractivity contribution >= 4 is 32.4 Å². The van der Waals surface area contributed by atoms with Crippen LogP contribution in [0.1, 0.15) is 19.3 Å². The van der Waals surface area contributed by atoms with Gasteiger partial charge in [0.25, 0.3) is 0 Å². The van der Waals surface area contributed by atoms with E-state index in [9.17, 15) is 12.6 Å². The predicted octanol–water partition coefficient (Wildman–Crippen LogP) is 0.446. The monoisotopic (exact) mass is 273 g/mol. The summed E-state index contributed by atoms with van der Waals surface area (Å²) < 4.78 is 36.7. The smallest absolute Gasteiger partial charge is 0.211 e. The molecule has 0 atom stereocenters. The highest BCUT2D eigenvalue weighted by Gasteiger charge is 2.22. The van der Waals surface area contributed by atoms with Crippen molar-refractivity contribution in [1.29, 1.82) is 0 Å². The maximum absolute atomic E-state index is 11.5. The molecule has 1 rings (SSSR count). The van der Waals surface area contributed by atoms with Crippen LogP contribution in [0.25, 0.3) is 0 Å². The van der Waals surface area contributed by atoms with Gasteiger partial charge in [0.15, 0.2) is 0 Å². The zero-order valence-corrected chi connectivity index (χ0v) is 10.8. The minimum atomic E-state index is -3.19. The van der Waals surface area contributed by atoms with Gasteiger partial charge < -0.3 is 0 Å². The quantitative estimate of drug-likeness (QED) is 0.740. The Labute approximate surface area is 98.3 Å². The van der Waals surface area contributed by atoms with Crippen molar-refractivity contribution in [1.82, 2.24) is 4.72 Å².